The van der Waals surface area contributed by atoms with Crippen molar-refractivity contribution in [1.29, 1.82) is 0 Å². The maximum absolute atomic E-state index is 6.13. The molecule has 1 aliphatic carbocycles. The summed E-state index contributed by atoms with van der Waals surface area (Å²) in [7, 11) is 0. The molecule has 108 valence electrons. The van der Waals surface area contributed by atoms with Crippen LogP contribution in [-0.4, -0.2) is 9.55 Å². The van der Waals surface area contributed by atoms with Crippen LogP contribution in [0.15, 0.2) is 18.2 Å². The second-order valence-corrected chi connectivity index (χ2v) is 6.50. The normalized spacial score (nSPS) is 23.4. The molecule has 0 amide bonds. The lowest BCUT2D eigenvalue weighted by atomic mass is 9.80. The fraction of sp³-hybridized carbons (Fsp3) is 0.588. The number of aryl methyl sites for hydroxylation is 1. The van der Waals surface area contributed by atoms with Crippen molar-refractivity contribution >= 4 is 22.6 Å². The first-order valence-corrected chi connectivity index (χ1v) is 8.25. The van der Waals surface area contributed by atoms with Gasteiger partial charge in [-0.05, 0) is 36.8 Å². The second kappa shape index (κ2) is 5.77. The predicted octanol–water partition coefficient (Wildman–Crippen LogP) is 4.91. The predicted molar refractivity (Wildman–Crippen MR) is 85.1 cm³/mol. The van der Waals surface area contributed by atoms with Crippen molar-refractivity contribution in [2.75, 3.05) is 0 Å². The van der Waals surface area contributed by atoms with Crippen LogP contribution in [0.25, 0.3) is 11.0 Å². The number of para-hydroxylation sites is 1. The molecule has 1 aromatic heterocycles. The average molecular weight is 291 g/mol. The van der Waals surface area contributed by atoms with Gasteiger partial charge in [-0.1, -0.05) is 38.3 Å². The van der Waals surface area contributed by atoms with Crippen molar-refractivity contribution in [2.45, 2.75) is 52.0 Å². The van der Waals surface area contributed by atoms with Gasteiger partial charge in [0.1, 0.15) is 5.82 Å². The van der Waals surface area contributed by atoms with E-state index in [4.69, 9.17) is 16.6 Å². The number of rotatable bonds is 3. The van der Waals surface area contributed by atoms with E-state index in [-0.39, 0.29) is 0 Å². The molecule has 1 heterocycles. The molecule has 1 aromatic carbocycles. The van der Waals surface area contributed by atoms with Gasteiger partial charge in [0.25, 0.3) is 0 Å². The van der Waals surface area contributed by atoms with Crippen LogP contribution >= 0.6 is 11.6 Å². The molecule has 0 aliphatic heterocycles. The number of fused-ring (bicyclic) bond motifs is 1. The zero-order valence-corrected chi connectivity index (χ0v) is 13.2. The van der Waals surface area contributed by atoms with E-state index in [9.17, 15) is 0 Å². The third kappa shape index (κ3) is 2.46. The Kier molecular flexibility index (Phi) is 4.02. The Bertz CT molecular complexity index is 602. The van der Waals surface area contributed by atoms with Crippen LogP contribution in [0, 0.1) is 18.8 Å². The van der Waals surface area contributed by atoms with E-state index in [1.54, 1.807) is 0 Å². The SMILES string of the molecule is Cc1cccc2c1nc(CCl)n2CC1CCCCC1C. The zero-order valence-electron chi connectivity index (χ0n) is 12.4. The summed E-state index contributed by atoms with van der Waals surface area (Å²) in [5.41, 5.74) is 3.61. The Morgan fingerprint density at radius 2 is 2.10 bits per heavy atom. The van der Waals surface area contributed by atoms with E-state index in [2.05, 4.69) is 36.6 Å². The lowest BCUT2D eigenvalue weighted by Crippen LogP contribution is -2.22. The number of hydrogen-bond acceptors (Lipinski definition) is 1. The summed E-state index contributed by atoms with van der Waals surface area (Å²) in [5.74, 6) is 3.10. The minimum atomic E-state index is 0.495. The van der Waals surface area contributed by atoms with E-state index >= 15 is 0 Å². The van der Waals surface area contributed by atoms with Crippen molar-refractivity contribution in [3.63, 3.8) is 0 Å². The fourth-order valence-electron chi connectivity index (χ4n) is 3.54. The van der Waals surface area contributed by atoms with Gasteiger partial charge in [-0.25, -0.2) is 4.98 Å². The van der Waals surface area contributed by atoms with Crippen LogP contribution in [0.4, 0.5) is 0 Å². The molecule has 2 unspecified atom stereocenters. The van der Waals surface area contributed by atoms with Crippen molar-refractivity contribution < 1.29 is 0 Å². The summed E-state index contributed by atoms with van der Waals surface area (Å²) in [4.78, 5) is 4.75. The van der Waals surface area contributed by atoms with Crippen LogP contribution in [0.3, 0.4) is 0 Å². The molecular weight excluding hydrogens is 268 g/mol. The van der Waals surface area contributed by atoms with Crippen molar-refractivity contribution in [3.8, 4) is 0 Å². The number of imidazole rings is 1. The van der Waals surface area contributed by atoms with Gasteiger partial charge < -0.3 is 4.57 Å². The highest BCUT2D eigenvalue weighted by atomic mass is 35.5. The molecule has 1 saturated carbocycles. The quantitative estimate of drug-likeness (QED) is 0.734. The van der Waals surface area contributed by atoms with Crippen LogP contribution in [0.2, 0.25) is 0 Å². The average Bonchev–Trinajstić information content (AvgIpc) is 2.81. The number of nitrogens with zero attached hydrogens (tertiary/aromatic N) is 2. The third-order valence-electron chi connectivity index (χ3n) is 4.89. The molecule has 0 radical (unpaired) electrons. The lowest BCUT2D eigenvalue weighted by molar-refractivity contribution is 0.229. The smallest absolute Gasteiger partial charge is 0.124 e. The monoisotopic (exact) mass is 290 g/mol. The van der Waals surface area contributed by atoms with E-state index in [0.29, 0.717) is 5.88 Å². The first-order chi connectivity index (χ1) is 9.70. The van der Waals surface area contributed by atoms with Crippen molar-refractivity contribution in [2.24, 2.45) is 11.8 Å². The van der Waals surface area contributed by atoms with E-state index in [1.165, 1.54) is 36.8 Å². The number of alkyl halides is 1. The Morgan fingerprint density at radius 3 is 2.85 bits per heavy atom. The highest BCUT2D eigenvalue weighted by Crippen LogP contribution is 2.32. The molecule has 3 rings (SSSR count). The van der Waals surface area contributed by atoms with Gasteiger partial charge >= 0.3 is 0 Å². The molecule has 0 spiro atoms. The number of halogens is 1. The molecule has 2 atom stereocenters. The van der Waals surface area contributed by atoms with Crippen molar-refractivity contribution in [3.05, 3.63) is 29.6 Å². The fourth-order valence-corrected chi connectivity index (χ4v) is 3.74. The topological polar surface area (TPSA) is 17.8 Å². The van der Waals surface area contributed by atoms with E-state index < -0.39 is 0 Å². The lowest BCUT2D eigenvalue weighted by Gasteiger charge is -2.29. The largest absolute Gasteiger partial charge is 0.327 e. The minimum Gasteiger partial charge on any atom is -0.327 e. The Balaban J connectivity index is 1.99. The summed E-state index contributed by atoms with van der Waals surface area (Å²) in [6.07, 6.45) is 5.47. The van der Waals surface area contributed by atoms with Crippen LogP contribution in [0.5, 0.6) is 0 Å². The van der Waals surface area contributed by atoms with Crippen LogP contribution in [0.1, 0.15) is 44.0 Å². The molecule has 3 heteroatoms. The maximum atomic E-state index is 6.13. The summed E-state index contributed by atoms with van der Waals surface area (Å²) >= 11 is 6.13. The first-order valence-electron chi connectivity index (χ1n) is 7.71. The van der Waals surface area contributed by atoms with E-state index in [1.807, 2.05) is 0 Å². The van der Waals surface area contributed by atoms with Gasteiger partial charge in [-0.2, -0.15) is 0 Å². The second-order valence-electron chi connectivity index (χ2n) is 6.24. The number of benzene rings is 1. The molecule has 2 aromatic rings. The highest BCUT2D eigenvalue weighted by Gasteiger charge is 2.23. The van der Waals surface area contributed by atoms with Gasteiger partial charge in [0.2, 0.25) is 0 Å². The molecule has 20 heavy (non-hydrogen) atoms. The molecule has 2 nitrogen and oxygen atoms in total. The molecule has 1 aliphatic rings. The molecule has 1 fully saturated rings. The van der Waals surface area contributed by atoms with E-state index in [0.717, 1.165) is 29.7 Å². The third-order valence-corrected chi connectivity index (χ3v) is 5.12. The summed E-state index contributed by atoms with van der Waals surface area (Å²) in [5, 5.41) is 0. The molecule has 0 bridgehead atoms. The minimum absolute atomic E-state index is 0.495. The summed E-state index contributed by atoms with van der Waals surface area (Å²) < 4.78 is 2.36. The number of aromatic nitrogens is 2. The maximum Gasteiger partial charge on any atom is 0.124 e. The number of hydrogen-bond donors (Lipinski definition) is 0. The molecular formula is C17H23ClN2. The van der Waals surface area contributed by atoms with Crippen molar-refractivity contribution in [1.82, 2.24) is 9.55 Å². The summed E-state index contributed by atoms with van der Waals surface area (Å²) in [6, 6.07) is 6.43. The molecule has 0 N–H and O–H groups in total. The van der Waals surface area contributed by atoms with Crippen LogP contribution in [-0.2, 0) is 12.4 Å². The summed E-state index contributed by atoms with van der Waals surface area (Å²) in [6.45, 7) is 5.60. The van der Waals surface area contributed by atoms with Gasteiger partial charge in [0.15, 0.2) is 0 Å². The zero-order chi connectivity index (χ0) is 14.1. The highest BCUT2D eigenvalue weighted by molar-refractivity contribution is 6.16. The van der Waals surface area contributed by atoms with Gasteiger partial charge in [-0.3, -0.25) is 0 Å². The first kappa shape index (κ1) is 13.9. The van der Waals surface area contributed by atoms with Gasteiger partial charge in [-0.15, -0.1) is 11.6 Å². The molecule has 0 saturated heterocycles. The Morgan fingerprint density at radius 1 is 1.30 bits per heavy atom. The Labute approximate surface area is 126 Å². The standard InChI is InChI=1S/C17H23ClN2/c1-12-6-3-4-8-14(12)11-20-15-9-5-7-13(2)17(15)19-16(20)10-18/h5,7,9,12,14H,3-4,6,8,10-11H2,1-2H3. The van der Waals surface area contributed by atoms with Gasteiger partial charge in [0.05, 0.1) is 16.9 Å². The Hall–Kier alpha value is -1.02. The van der Waals surface area contributed by atoms with Crippen LogP contribution < -0.4 is 0 Å². The van der Waals surface area contributed by atoms with Gasteiger partial charge in [0, 0.05) is 6.54 Å².